The second-order valence-electron chi connectivity index (χ2n) is 6.97. The molecule has 4 N–H and O–H groups in total. The lowest BCUT2D eigenvalue weighted by molar-refractivity contribution is 0.0960. The van der Waals surface area contributed by atoms with Crippen LogP contribution >= 0.6 is 11.6 Å². The molecule has 1 amide bonds. The summed E-state index contributed by atoms with van der Waals surface area (Å²) in [6, 6.07) is 10.9. The van der Waals surface area contributed by atoms with Gasteiger partial charge < -0.3 is 16.4 Å². The van der Waals surface area contributed by atoms with Crippen LogP contribution in [0.1, 0.15) is 27.5 Å². The Morgan fingerprint density at radius 3 is 2.83 bits per heavy atom. The van der Waals surface area contributed by atoms with Gasteiger partial charge in [0.2, 0.25) is 0 Å². The van der Waals surface area contributed by atoms with Crippen LogP contribution < -0.4 is 16.4 Å². The minimum Gasteiger partial charge on any atom is -0.388 e. The van der Waals surface area contributed by atoms with E-state index in [-0.39, 0.29) is 5.91 Å². The van der Waals surface area contributed by atoms with Crippen molar-refractivity contribution in [3.05, 3.63) is 76.3 Å². The Bertz CT molecular complexity index is 1330. The number of nitrogens with zero attached hydrogens (tertiary/aromatic N) is 3. The van der Waals surface area contributed by atoms with E-state index in [1.165, 1.54) is 29.0 Å². The molecule has 30 heavy (non-hydrogen) atoms. The van der Waals surface area contributed by atoms with Crippen molar-refractivity contribution < 1.29 is 9.18 Å². The summed E-state index contributed by atoms with van der Waals surface area (Å²) in [5.41, 5.74) is 10.8. The summed E-state index contributed by atoms with van der Waals surface area (Å²) in [5.74, 6) is -0.280. The van der Waals surface area contributed by atoms with Gasteiger partial charge in [0.15, 0.2) is 5.65 Å². The molecule has 5 rings (SSSR count). The number of rotatable bonds is 3. The quantitative estimate of drug-likeness (QED) is 0.468. The normalized spacial score (nSPS) is 15.3. The molecule has 0 saturated heterocycles. The summed E-state index contributed by atoms with van der Waals surface area (Å²) in [6.45, 7) is 0. The smallest absolute Gasteiger partial charge is 0.252 e. The third kappa shape index (κ3) is 2.68. The van der Waals surface area contributed by atoms with Crippen LogP contribution in [0.4, 0.5) is 15.9 Å². The number of anilines is 2. The van der Waals surface area contributed by atoms with Crippen molar-refractivity contribution in [1.82, 2.24) is 19.9 Å². The van der Waals surface area contributed by atoms with Crippen molar-refractivity contribution in [3.8, 4) is 11.1 Å². The maximum Gasteiger partial charge on any atom is 0.252 e. The lowest BCUT2D eigenvalue weighted by Gasteiger charge is -2.18. The highest BCUT2D eigenvalue weighted by atomic mass is 35.5. The van der Waals surface area contributed by atoms with Gasteiger partial charge in [-0.05, 0) is 48.0 Å². The van der Waals surface area contributed by atoms with Crippen molar-refractivity contribution in [2.75, 3.05) is 18.1 Å². The molecule has 1 aliphatic rings. The molecule has 1 aliphatic heterocycles. The average molecular weight is 423 g/mol. The number of nitrogen functional groups attached to an aromatic ring is 1. The molecular formula is C21H16ClFN6O. The third-order valence-electron chi connectivity index (χ3n) is 5.32. The van der Waals surface area contributed by atoms with Gasteiger partial charge in [0.1, 0.15) is 18.0 Å². The molecule has 2 aromatic carbocycles. The maximum atomic E-state index is 13.9. The molecule has 1 unspecified atom stereocenters. The fourth-order valence-corrected chi connectivity index (χ4v) is 4.14. The zero-order valence-corrected chi connectivity index (χ0v) is 16.5. The van der Waals surface area contributed by atoms with Crippen LogP contribution in [0.5, 0.6) is 0 Å². The molecule has 9 heteroatoms. The lowest BCUT2D eigenvalue weighted by atomic mass is 9.93. The van der Waals surface area contributed by atoms with Crippen molar-refractivity contribution in [2.24, 2.45) is 0 Å². The second-order valence-corrected chi connectivity index (χ2v) is 7.38. The van der Waals surface area contributed by atoms with Crippen molar-refractivity contribution >= 4 is 34.7 Å². The molecule has 0 bridgehead atoms. The van der Waals surface area contributed by atoms with Gasteiger partial charge >= 0.3 is 0 Å². The number of nitrogens with one attached hydrogen (secondary N) is 2. The molecule has 0 saturated carbocycles. The first kappa shape index (κ1) is 18.4. The summed E-state index contributed by atoms with van der Waals surface area (Å²) in [5, 5.41) is 10.6. The molecule has 0 spiro atoms. The molecular weight excluding hydrogens is 407 g/mol. The summed E-state index contributed by atoms with van der Waals surface area (Å²) in [6.07, 6.45) is 1.43. The van der Waals surface area contributed by atoms with E-state index in [4.69, 9.17) is 17.3 Å². The Balaban J connectivity index is 1.70. The summed E-state index contributed by atoms with van der Waals surface area (Å²) in [7, 11) is 1.76. The number of aromatic nitrogens is 3. The fourth-order valence-electron chi connectivity index (χ4n) is 3.92. The van der Waals surface area contributed by atoms with E-state index in [0.29, 0.717) is 44.4 Å². The second kappa shape index (κ2) is 6.70. The van der Waals surface area contributed by atoms with E-state index < -0.39 is 11.9 Å². The van der Waals surface area contributed by atoms with Crippen molar-refractivity contribution in [3.63, 3.8) is 0 Å². The van der Waals surface area contributed by atoms with Gasteiger partial charge in [-0.1, -0.05) is 11.6 Å². The van der Waals surface area contributed by atoms with Gasteiger partial charge in [0.25, 0.3) is 5.91 Å². The van der Waals surface area contributed by atoms with Crippen molar-refractivity contribution in [2.45, 2.75) is 6.04 Å². The largest absolute Gasteiger partial charge is 0.388 e. The molecule has 7 nitrogen and oxygen atoms in total. The molecule has 150 valence electrons. The first-order valence-electron chi connectivity index (χ1n) is 9.18. The van der Waals surface area contributed by atoms with E-state index in [1.807, 2.05) is 12.1 Å². The SMILES string of the molecule is CNc1cc(-c2ccc3ncnn3c2N)cc2c1C(c1cc(F)ccc1Cl)NC2=O. The topological polar surface area (TPSA) is 97.3 Å². The Kier molecular flexibility index (Phi) is 4.11. The summed E-state index contributed by atoms with van der Waals surface area (Å²) in [4.78, 5) is 16.9. The Morgan fingerprint density at radius 2 is 2.03 bits per heavy atom. The zero-order valence-electron chi connectivity index (χ0n) is 15.8. The number of carbonyl (C=O) groups is 1. The van der Waals surface area contributed by atoms with Crippen LogP contribution in [-0.2, 0) is 0 Å². The van der Waals surface area contributed by atoms with Gasteiger partial charge in [-0.25, -0.2) is 9.37 Å². The predicted octanol–water partition coefficient (Wildman–Crippen LogP) is 3.65. The van der Waals surface area contributed by atoms with E-state index in [2.05, 4.69) is 20.7 Å². The van der Waals surface area contributed by atoms with Crippen LogP contribution in [0.2, 0.25) is 5.02 Å². The minimum atomic E-state index is -0.567. The number of pyridine rings is 1. The summed E-state index contributed by atoms with van der Waals surface area (Å²) >= 11 is 6.31. The number of nitrogens with two attached hydrogens (primary N) is 1. The van der Waals surface area contributed by atoms with Crippen LogP contribution in [0.15, 0.2) is 48.8 Å². The number of amides is 1. The number of fused-ring (bicyclic) bond motifs is 2. The Morgan fingerprint density at radius 1 is 1.20 bits per heavy atom. The number of benzene rings is 2. The van der Waals surface area contributed by atoms with Crippen LogP contribution in [-0.4, -0.2) is 27.6 Å². The van der Waals surface area contributed by atoms with E-state index >= 15 is 0 Å². The molecule has 2 aromatic heterocycles. The van der Waals surface area contributed by atoms with E-state index in [0.717, 1.165) is 5.56 Å². The number of hydrogen-bond acceptors (Lipinski definition) is 5. The standard InChI is InChI=1S/C21H16ClFN6O/c1-25-16-7-10(12-3-5-17-26-9-27-29(17)20(12)24)6-14-18(16)19(28-21(14)30)13-8-11(23)2-4-15(13)22/h2-9,19,25H,24H2,1H3,(H,28,30). The first-order valence-corrected chi connectivity index (χ1v) is 9.56. The van der Waals surface area contributed by atoms with Crippen LogP contribution in [0.25, 0.3) is 16.8 Å². The number of carbonyl (C=O) groups excluding carboxylic acids is 1. The van der Waals surface area contributed by atoms with Gasteiger partial charge in [0, 0.05) is 40.0 Å². The Labute approximate surface area is 175 Å². The number of hydrogen-bond donors (Lipinski definition) is 3. The molecule has 0 radical (unpaired) electrons. The highest BCUT2D eigenvalue weighted by Gasteiger charge is 2.34. The fraction of sp³-hybridized carbons (Fsp3) is 0.0952. The molecule has 0 fully saturated rings. The summed E-state index contributed by atoms with van der Waals surface area (Å²) < 4.78 is 15.4. The van der Waals surface area contributed by atoms with E-state index in [9.17, 15) is 9.18 Å². The average Bonchev–Trinajstić information content (AvgIpc) is 3.35. The monoisotopic (exact) mass is 422 g/mol. The highest BCUT2D eigenvalue weighted by Crippen LogP contribution is 2.42. The van der Waals surface area contributed by atoms with E-state index in [1.54, 1.807) is 19.2 Å². The van der Waals surface area contributed by atoms with Gasteiger partial charge in [-0.15, -0.1) is 0 Å². The predicted molar refractivity (Wildman–Crippen MR) is 113 cm³/mol. The number of halogens is 2. The van der Waals surface area contributed by atoms with Crippen LogP contribution in [0, 0.1) is 5.82 Å². The van der Waals surface area contributed by atoms with Gasteiger partial charge in [-0.3, -0.25) is 4.79 Å². The molecule has 4 aromatic rings. The Hall–Kier alpha value is -3.65. The highest BCUT2D eigenvalue weighted by molar-refractivity contribution is 6.31. The van der Waals surface area contributed by atoms with Gasteiger partial charge in [0.05, 0.1) is 6.04 Å². The minimum absolute atomic E-state index is 0.269. The third-order valence-corrected chi connectivity index (χ3v) is 5.66. The molecule has 1 atom stereocenters. The van der Waals surface area contributed by atoms with Crippen LogP contribution in [0.3, 0.4) is 0 Å². The van der Waals surface area contributed by atoms with Gasteiger partial charge in [-0.2, -0.15) is 9.61 Å². The molecule has 0 aliphatic carbocycles. The first-order chi connectivity index (χ1) is 14.5. The lowest BCUT2D eigenvalue weighted by Crippen LogP contribution is -2.20. The van der Waals surface area contributed by atoms with Crippen molar-refractivity contribution in [1.29, 1.82) is 0 Å². The molecule has 3 heterocycles. The zero-order chi connectivity index (χ0) is 21.0. The maximum absolute atomic E-state index is 13.9.